The lowest BCUT2D eigenvalue weighted by molar-refractivity contribution is -0.117. The number of hydrogen-bond acceptors (Lipinski definition) is 1. The zero-order valence-electron chi connectivity index (χ0n) is 12.4. The number of amides is 1. The fourth-order valence-electron chi connectivity index (χ4n) is 2.56. The normalized spacial score (nSPS) is 10.3. The molecule has 0 aliphatic heterocycles. The van der Waals surface area contributed by atoms with E-state index in [-0.39, 0.29) is 5.91 Å². The molecule has 2 nitrogen and oxygen atoms in total. The van der Waals surface area contributed by atoms with Crippen LogP contribution < -0.4 is 4.90 Å². The van der Waals surface area contributed by atoms with Crippen LogP contribution >= 0.6 is 0 Å². The summed E-state index contributed by atoms with van der Waals surface area (Å²) in [5.74, 6) is 0.149. The van der Waals surface area contributed by atoms with Crippen molar-refractivity contribution in [3.63, 3.8) is 0 Å². The van der Waals surface area contributed by atoms with Gasteiger partial charge in [-0.2, -0.15) is 0 Å². The topological polar surface area (TPSA) is 20.3 Å². The van der Waals surface area contributed by atoms with Crippen molar-refractivity contribution in [1.82, 2.24) is 0 Å². The Morgan fingerprint density at radius 3 is 2.10 bits per heavy atom. The Morgan fingerprint density at radius 1 is 0.950 bits per heavy atom. The molecular formula is C18H21NO. The molecular weight excluding hydrogens is 246 g/mol. The average molecular weight is 267 g/mol. The number of aryl methyl sites for hydroxylation is 2. The van der Waals surface area contributed by atoms with Crippen LogP contribution in [-0.4, -0.2) is 12.5 Å². The molecule has 20 heavy (non-hydrogen) atoms. The number of hydrogen-bond donors (Lipinski definition) is 0. The molecule has 1 amide bonds. The zero-order valence-corrected chi connectivity index (χ0v) is 12.4. The van der Waals surface area contributed by atoms with Crippen LogP contribution in [0.5, 0.6) is 0 Å². The van der Waals surface area contributed by atoms with Crippen LogP contribution in [0.2, 0.25) is 0 Å². The van der Waals surface area contributed by atoms with Gasteiger partial charge in [0.05, 0.1) is 6.42 Å². The number of anilines is 1. The van der Waals surface area contributed by atoms with E-state index in [0.717, 1.165) is 22.4 Å². The van der Waals surface area contributed by atoms with Crippen LogP contribution in [0.15, 0.2) is 48.5 Å². The Labute approximate surface area is 121 Å². The predicted molar refractivity (Wildman–Crippen MR) is 84.1 cm³/mol. The molecule has 0 aliphatic rings. The molecule has 0 unspecified atom stereocenters. The number of rotatable bonds is 4. The first-order valence-corrected chi connectivity index (χ1v) is 7.04. The highest BCUT2D eigenvalue weighted by molar-refractivity contribution is 5.96. The third-order valence-corrected chi connectivity index (χ3v) is 3.52. The van der Waals surface area contributed by atoms with Crippen molar-refractivity contribution >= 4 is 11.6 Å². The second-order valence-corrected chi connectivity index (χ2v) is 5.04. The van der Waals surface area contributed by atoms with Gasteiger partial charge < -0.3 is 4.90 Å². The molecule has 0 radical (unpaired) electrons. The first kappa shape index (κ1) is 14.3. The highest BCUT2D eigenvalue weighted by Gasteiger charge is 2.17. The van der Waals surface area contributed by atoms with Crippen molar-refractivity contribution in [3.8, 4) is 0 Å². The van der Waals surface area contributed by atoms with E-state index in [0.29, 0.717) is 13.0 Å². The maximum atomic E-state index is 12.6. The SMILES string of the molecule is CCN(C(=O)Cc1ccccc1)c1c(C)cccc1C. The number of benzene rings is 2. The van der Waals surface area contributed by atoms with Gasteiger partial charge in [-0.15, -0.1) is 0 Å². The largest absolute Gasteiger partial charge is 0.312 e. The lowest BCUT2D eigenvalue weighted by Gasteiger charge is -2.25. The Morgan fingerprint density at radius 2 is 1.55 bits per heavy atom. The molecule has 2 rings (SSSR count). The number of carbonyl (C=O) groups is 1. The van der Waals surface area contributed by atoms with Crippen molar-refractivity contribution < 1.29 is 4.79 Å². The molecule has 0 N–H and O–H groups in total. The van der Waals surface area contributed by atoms with Gasteiger partial charge in [0.25, 0.3) is 0 Å². The van der Waals surface area contributed by atoms with Crippen molar-refractivity contribution in [2.24, 2.45) is 0 Å². The predicted octanol–water partition coefficient (Wildman–Crippen LogP) is 3.90. The van der Waals surface area contributed by atoms with Crippen LogP contribution in [0, 0.1) is 13.8 Å². The third kappa shape index (κ3) is 3.08. The zero-order chi connectivity index (χ0) is 14.5. The quantitative estimate of drug-likeness (QED) is 0.822. The average Bonchev–Trinajstić information content (AvgIpc) is 2.44. The van der Waals surface area contributed by atoms with Crippen LogP contribution in [0.4, 0.5) is 5.69 Å². The second-order valence-electron chi connectivity index (χ2n) is 5.04. The van der Waals surface area contributed by atoms with Crippen molar-refractivity contribution in [3.05, 3.63) is 65.2 Å². The molecule has 0 bridgehead atoms. The summed E-state index contributed by atoms with van der Waals surface area (Å²) >= 11 is 0. The molecule has 2 aromatic carbocycles. The summed E-state index contributed by atoms with van der Waals surface area (Å²) in [7, 11) is 0. The molecule has 0 aliphatic carbocycles. The third-order valence-electron chi connectivity index (χ3n) is 3.52. The molecule has 2 aromatic rings. The minimum absolute atomic E-state index is 0.149. The van der Waals surface area contributed by atoms with Crippen molar-refractivity contribution in [2.75, 3.05) is 11.4 Å². The van der Waals surface area contributed by atoms with E-state index < -0.39 is 0 Å². The summed E-state index contributed by atoms with van der Waals surface area (Å²) in [6.45, 7) is 6.83. The maximum absolute atomic E-state index is 12.6. The molecule has 0 spiro atoms. The summed E-state index contributed by atoms with van der Waals surface area (Å²) in [4.78, 5) is 14.5. The Hall–Kier alpha value is -2.09. The molecule has 0 heterocycles. The van der Waals surface area contributed by atoms with E-state index in [4.69, 9.17) is 0 Å². The van der Waals surface area contributed by atoms with Gasteiger partial charge >= 0.3 is 0 Å². The van der Waals surface area contributed by atoms with Gasteiger partial charge in [-0.3, -0.25) is 4.79 Å². The van der Waals surface area contributed by atoms with Gasteiger partial charge in [0.2, 0.25) is 5.91 Å². The van der Waals surface area contributed by atoms with Crippen LogP contribution in [0.3, 0.4) is 0 Å². The Balaban J connectivity index is 2.26. The van der Waals surface area contributed by atoms with E-state index in [1.165, 1.54) is 0 Å². The second kappa shape index (κ2) is 6.38. The molecule has 0 atom stereocenters. The van der Waals surface area contributed by atoms with Gasteiger partial charge in [0, 0.05) is 12.2 Å². The molecule has 104 valence electrons. The van der Waals surface area contributed by atoms with Gasteiger partial charge in [0.15, 0.2) is 0 Å². The number of likely N-dealkylation sites (N-methyl/N-ethyl adjacent to an activating group) is 1. The smallest absolute Gasteiger partial charge is 0.231 e. The molecule has 0 saturated carbocycles. The molecule has 0 fully saturated rings. The van der Waals surface area contributed by atoms with E-state index in [9.17, 15) is 4.79 Å². The summed E-state index contributed by atoms with van der Waals surface area (Å²) in [6, 6.07) is 16.0. The highest BCUT2D eigenvalue weighted by atomic mass is 16.2. The maximum Gasteiger partial charge on any atom is 0.231 e. The van der Waals surface area contributed by atoms with Crippen LogP contribution in [0.1, 0.15) is 23.6 Å². The van der Waals surface area contributed by atoms with Gasteiger partial charge in [-0.25, -0.2) is 0 Å². The fraction of sp³-hybridized carbons (Fsp3) is 0.278. The van der Waals surface area contributed by atoms with E-state index in [1.54, 1.807) is 0 Å². The first-order valence-electron chi connectivity index (χ1n) is 7.04. The molecule has 0 aromatic heterocycles. The van der Waals surface area contributed by atoms with E-state index in [2.05, 4.69) is 26.0 Å². The van der Waals surface area contributed by atoms with Gasteiger partial charge in [-0.05, 0) is 37.5 Å². The number of nitrogens with zero attached hydrogens (tertiary/aromatic N) is 1. The van der Waals surface area contributed by atoms with Crippen molar-refractivity contribution in [2.45, 2.75) is 27.2 Å². The number of carbonyl (C=O) groups excluding carboxylic acids is 1. The summed E-state index contributed by atoms with van der Waals surface area (Å²) < 4.78 is 0. The molecule has 0 saturated heterocycles. The van der Waals surface area contributed by atoms with Crippen molar-refractivity contribution in [1.29, 1.82) is 0 Å². The van der Waals surface area contributed by atoms with E-state index >= 15 is 0 Å². The van der Waals surface area contributed by atoms with E-state index in [1.807, 2.05) is 48.2 Å². The monoisotopic (exact) mass is 267 g/mol. The number of para-hydroxylation sites is 1. The Kier molecular flexibility index (Phi) is 4.57. The van der Waals surface area contributed by atoms with Gasteiger partial charge in [-0.1, -0.05) is 48.5 Å². The van der Waals surface area contributed by atoms with Gasteiger partial charge in [0.1, 0.15) is 0 Å². The summed E-state index contributed by atoms with van der Waals surface area (Å²) in [6.07, 6.45) is 0.447. The summed E-state index contributed by atoms with van der Waals surface area (Å²) in [5.41, 5.74) is 4.40. The van der Waals surface area contributed by atoms with Crippen LogP contribution in [-0.2, 0) is 11.2 Å². The highest BCUT2D eigenvalue weighted by Crippen LogP contribution is 2.25. The Bertz CT molecular complexity index is 569. The fourth-order valence-corrected chi connectivity index (χ4v) is 2.56. The minimum atomic E-state index is 0.149. The van der Waals surface area contributed by atoms with Crippen LogP contribution in [0.25, 0.3) is 0 Å². The lowest BCUT2D eigenvalue weighted by atomic mass is 10.1. The summed E-state index contributed by atoms with van der Waals surface area (Å²) in [5, 5.41) is 0. The molecule has 2 heteroatoms. The minimum Gasteiger partial charge on any atom is -0.312 e. The standard InChI is InChI=1S/C18H21NO/c1-4-19(18-14(2)9-8-10-15(18)3)17(20)13-16-11-6-5-7-12-16/h5-12H,4,13H2,1-3H3. The lowest BCUT2D eigenvalue weighted by Crippen LogP contribution is -2.33. The first-order chi connectivity index (χ1) is 9.63.